The number of aromatic carboxylic acids is 1. The van der Waals surface area contributed by atoms with E-state index in [1.165, 1.54) is 6.20 Å². The fourth-order valence-corrected chi connectivity index (χ4v) is 2.21. The number of carboxylic acid groups (broad SMARTS) is 1. The van der Waals surface area contributed by atoms with Gasteiger partial charge in [-0.15, -0.1) is 0 Å². The van der Waals surface area contributed by atoms with Crippen LogP contribution in [0.25, 0.3) is 0 Å². The Morgan fingerprint density at radius 2 is 2.39 bits per heavy atom. The van der Waals surface area contributed by atoms with Crippen molar-refractivity contribution in [2.75, 3.05) is 24.6 Å². The lowest BCUT2D eigenvalue weighted by Gasteiger charge is -2.31. The topological polar surface area (TPSA) is 86.5 Å². The summed E-state index contributed by atoms with van der Waals surface area (Å²) in [6, 6.07) is 0. The highest BCUT2D eigenvalue weighted by molar-refractivity contribution is 5.88. The molecule has 98 valence electrons. The lowest BCUT2D eigenvalue weighted by molar-refractivity contribution is 0.0695. The molecule has 0 aliphatic carbocycles. The standard InChI is InChI=1S/C12H17N3O3/c1-8-10(11(17)18)5-13-12(14-8)15-4-2-3-9(6-15)7-16/h5,9,16H,2-4,6-7H2,1H3,(H,17,18). The van der Waals surface area contributed by atoms with Gasteiger partial charge >= 0.3 is 5.97 Å². The van der Waals surface area contributed by atoms with Gasteiger partial charge in [-0.05, 0) is 25.7 Å². The zero-order valence-electron chi connectivity index (χ0n) is 10.3. The van der Waals surface area contributed by atoms with Crippen molar-refractivity contribution in [2.24, 2.45) is 5.92 Å². The zero-order chi connectivity index (χ0) is 13.1. The lowest BCUT2D eigenvalue weighted by Crippen LogP contribution is -2.38. The van der Waals surface area contributed by atoms with Gasteiger partial charge in [-0.2, -0.15) is 0 Å². The van der Waals surface area contributed by atoms with Crippen LogP contribution in [0.5, 0.6) is 0 Å². The van der Waals surface area contributed by atoms with E-state index in [1.807, 2.05) is 4.90 Å². The molecule has 1 aromatic rings. The molecule has 1 fully saturated rings. The van der Waals surface area contributed by atoms with E-state index in [0.717, 1.165) is 25.9 Å². The summed E-state index contributed by atoms with van der Waals surface area (Å²) in [4.78, 5) is 21.2. The quantitative estimate of drug-likeness (QED) is 0.822. The average Bonchev–Trinajstić information content (AvgIpc) is 2.38. The summed E-state index contributed by atoms with van der Waals surface area (Å²) < 4.78 is 0. The Bertz CT molecular complexity index is 450. The van der Waals surface area contributed by atoms with Gasteiger partial charge in [-0.25, -0.2) is 14.8 Å². The van der Waals surface area contributed by atoms with E-state index >= 15 is 0 Å². The molecule has 6 heteroatoms. The van der Waals surface area contributed by atoms with Gasteiger partial charge in [-0.1, -0.05) is 0 Å². The number of aliphatic hydroxyl groups is 1. The van der Waals surface area contributed by atoms with Gasteiger partial charge in [-0.3, -0.25) is 0 Å². The van der Waals surface area contributed by atoms with E-state index in [-0.39, 0.29) is 18.1 Å². The summed E-state index contributed by atoms with van der Waals surface area (Å²) in [7, 11) is 0. The SMILES string of the molecule is Cc1nc(N2CCCC(CO)C2)ncc1C(=O)O. The van der Waals surface area contributed by atoms with Crippen LogP contribution in [0.2, 0.25) is 0 Å². The number of hydrogen-bond acceptors (Lipinski definition) is 5. The second-order valence-electron chi connectivity index (χ2n) is 4.61. The summed E-state index contributed by atoms with van der Waals surface area (Å²) in [5.74, 6) is -0.205. The van der Waals surface area contributed by atoms with Crippen molar-refractivity contribution in [2.45, 2.75) is 19.8 Å². The van der Waals surface area contributed by atoms with Crippen LogP contribution in [-0.2, 0) is 0 Å². The van der Waals surface area contributed by atoms with Crippen molar-refractivity contribution in [1.29, 1.82) is 0 Å². The maximum absolute atomic E-state index is 10.9. The van der Waals surface area contributed by atoms with Crippen LogP contribution < -0.4 is 4.90 Å². The number of carbonyl (C=O) groups is 1. The lowest BCUT2D eigenvalue weighted by atomic mass is 9.99. The van der Waals surface area contributed by atoms with Crippen molar-refractivity contribution >= 4 is 11.9 Å². The molecule has 2 N–H and O–H groups in total. The molecule has 0 saturated carbocycles. The van der Waals surface area contributed by atoms with Crippen molar-refractivity contribution < 1.29 is 15.0 Å². The van der Waals surface area contributed by atoms with Crippen LogP contribution in [0.3, 0.4) is 0 Å². The third-order valence-corrected chi connectivity index (χ3v) is 3.26. The van der Waals surface area contributed by atoms with E-state index in [9.17, 15) is 9.90 Å². The van der Waals surface area contributed by atoms with Gasteiger partial charge in [0.25, 0.3) is 0 Å². The molecule has 0 aromatic carbocycles. The Kier molecular flexibility index (Phi) is 3.76. The van der Waals surface area contributed by atoms with Gasteiger partial charge < -0.3 is 15.1 Å². The average molecular weight is 251 g/mol. The molecule has 0 radical (unpaired) electrons. The van der Waals surface area contributed by atoms with Crippen LogP contribution >= 0.6 is 0 Å². The Morgan fingerprint density at radius 3 is 3.00 bits per heavy atom. The predicted octanol–water partition coefficient (Wildman–Crippen LogP) is 0.692. The fourth-order valence-electron chi connectivity index (χ4n) is 2.21. The molecule has 1 unspecified atom stereocenters. The van der Waals surface area contributed by atoms with E-state index in [4.69, 9.17) is 5.11 Å². The Labute approximate surface area is 105 Å². The van der Waals surface area contributed by atoms with Crippen molar-refractivity contribution in [3.63, 3.8) is 0 Å². The second kappa shape index (κ2) is 5.30. The molecule has 1 aliphatic heterocycles. The number of aliphatic hydroxyl groups excluding tert-OH is 1. The highest BCUT2D eigenvalue weighted by atomic mass is 16.4. The third kappa shape index (κ3) is 2.59. The van der Waals surface area contributed by atoms with Crippen LogP contribution in [0.15, 0.2) is 6.20 Å². The minimum Gasteiger partial charge on any atom is -0.478 e. The Morgan fingerprint density at radius 1 is 1.61 bits per heavy atom. The van der Waals surface area contributed by atoms with Crippen molar-refractivity contribution in [3.8, 4) is 0 Å². The number of hydrogen-bond donors (Lipinski definition) is 2. The first-order chi connectivity index (χ1) is 8.61. The summed E-state index contributed by atoms with van der Waals surface area (Å²) >= 11 is 0. The van der Waals surface area contributed by atoms with Gasteiger partial charge in [0.2, 0.25) is 5.95 Å². The number of nitrogens with zero attached hydrogens (tertiary/aromatic N) is 3. The van der Waals surface area contributed by atoms with Crippen LogP contribution in [-0.4, -0.2) is 45.8 Å². The maximum Gasteiger partial charge on any atom is 0.339 e. The molecule has 0 bridgehead atoms. The third-order valence-electron chi connectivity index (χ3n) is 3.26. The highest BCUT2D eigenvalue weighted by Crippen LogP contribution is 2.20. The minimum atomic E-state index is -1.01. The highest BCUT2D eigenvalue weighted by Gasteiger charge is 2.22. The fraction of sp³-hybridized carbons (Fsp3) is 0.583. The largest absolute Gasteiger partial charge is 0.478 e. The molecule has 2 heterocycles. The summed E-state index contributed by atoms with van der Waals surface area (Å²) in [5, 5.41) is 18.1. The molecule has 0 spiro atoms. The molecule has 1 saturated heterocycles. The number of aryl methyl sites for hydroxylation is 1. The molecule has 1 aromatic heterocycles. The van der Waals surface area contributed by atoms with Crippen LogP contribution in [0.4, 0.5) is 5.95 Å². The monoisotopic (exact) mass is 251 g/mol. The number of rotatable bonds is 3. The maximum atomic E-state index is 10.9. The van der Waals surface area contributed by atoms with E-state index in [1.54, 1.807) is 6.92 Å². The smallest absolute Gasteiger partial charge is 0.339 e. The number of carboxylic acids is 1. The Balaban J connectivity index is 2.18. The van der Waals surface area contributed by atoms with Gasteiger partial charge in [0, 0.05) is 25.9 Å². The predicted molar refractivity (Wildman–Crippen MR) is 65.8 cm³/mol. The number of anilines is 1. The van der Waals surface area contributed by atoms with E-state index < -0.39 is 5.97 Å². The van der Waals surface area contributed by atoms with E-state index in [2.05, 4.69) is 9.97 Å². The van der Waals surface area contributed by atoms with E-state index in [0.29, 0.717) is 11.6 Å². The van der Waals surface area contributed by atoms with Crippen LogP contribution in [0.1, 0.15) is 28.9 Å². The zero-order valence-corrected chi connectivity index (χ0v) is 10.3. The molecule has 18 heavy (non-hydrogen) atoms. The summed E-state index contributed by atoms with van der Waals surface area (Å²) in [5.41, 5.74) is 0.605. The number of piperidine rings is 1. The number of aromatic nitrogens is 2. The molecule has 0 amide bonds. The van der Waals surface area contributed by atoms with Crippen LogP contribution in [0, 0.1) is 12.8 Å². The summed E-state index contributed by atoms with van der Waals surface area (Å²) in [6.45, 7) is 3.41. The van der Waals surface area contributed by atoms with Crippen molar-refractivity contribution in [1.82, 2.24) is 9.97 Å². The molecular formula is C12H17N3O3. The minimum absolute atomic E-state index is 0.134. The first-order valence-electron chi connectivity index (χ1n) is 6.04. The van der Waals surface area contributed by atoms with Gasteiger partial charge in [0.05, 0.1) is 11.3 Å². The molecule has 2 rings (SSSR count). The molecule has 1 aliphatic rings. The van der Waals surface area contributed by atoms with Gasteiger partial charge in [0.1, 0.15) is 0 Å². The molecule has 1 atom stereocenters. The molecular weight excluding hydrogens is 234 g/mol. The second-order valence-corrected chi connectivity index (χ2v) is 4.61. The molecule has 6 nitrogen and oxygen atoms in total. The summed E-state index contributed by atoms with van der Waals surface area (Å²) in [6.07, 6.45) is 3.36. The first kappa shape index (κ1) is 12.8. The van der Waals surface area contributed by atoms with Crippen molar-refractivity contribution in [3.05, 3.63) is 17.5 Å². The first-order valence-corrected chi connectivity index (χ1v) is 6.04. The normalized spacial score (nSPS) is 19.9. The van der Waals surface area contributed by atoms with Gasteiger partial charge in [0.15, 0.2) is 0 Å². The Hall–Kier alpha value is -1.69.